The van der Waals surface area contributed by atoms with Gasteiger partial charge in [0.2, 0.25) is 0 Å². The molecule has 6 heteroatoms. The summed E-state index contributed by atoms with van der Waals surface area (Å²) in [6, 6.07) is 4.84. The first-order valence-corrected chi connectivity index (χ1v) is 6.08. The summed E-state index contributed by atoms with van der Waals surface area (Å²) in [6.45, 7) is 2.89. The van der Waals surface area contributed by atoms with Gasteiger partial charge in [-0.1, -0.05) is 6.07 Å². The van der Waals surface area contributed by atoms with Gasteiger partial charge in [-0.25, -0.2) is 9.59 Å². The Kier molecular flexibility index (Phi) is 2.50. The van der Waals surface area contributed by atoms with Crippen LogP contribution in [0, 0.1) is 0 Å². The molecule has 2 N–H and O–H groups in total. The predicted octanol–water partition coefficient (Wildman–Crippen LogP) is 1.16. The second-order valence-corrected chi connectivity index (χ2v) is 5.07. The van der Waals surface area contributed by atoms with Gasteiger partial charge in [0.1, 0.15) is 0 Å². The van der Waals surface area contributed by atoms with Crippen molar-refractivity contribution in [2.24, 2.45) is 0 Å². The molecule has 1 atom stereocenters. The molecule has 2 aromatic rings. The lowest BCUT2D eigenvalue weighted by Crippen LogP contribution is -2.38. The second kappa shape index (κ2) is 3.96. The molecule has 2 heterocycles. The zero-order chi connectivity index (χ0) is 13.6. The number of rotatable bonds is 2. The summed E-state index contributed by atoms with van der Waals surface area (Å²) in [5.41, 5.74) is 0.313. The minimum absolute atomic E-state index is 0.129. The van der Waals surface area contributed by atoms with E-state index in [1.807, 2.05) is 6.92 Å². The van der Waals surface area contributed by atoms with Crippen molar-refractivity contribution < 1.29 is 14.6 Å². The molecule has 0 radical (unpaired) electrons. The van der Waals surface area contributed by atoms with Gasteiger partial charge in [-0.3, -0.25) is 4.57 Å². The number of nitrogens with one attached hydrogen (secondary N) is 1. The maximum Gasteiger partial charge on any atom is 0.337 e. The van der Waals surface area contributed by atoms with Crippen molar-refractivity contribution in [3.63, 3.8) is 0 Å². The van der Waals surface area contributed by atoms with Crippen LogP contribution < -0.4 is 5.69 Å². The van der Waals surface area contributed by atoms with Crippen LogP contribution in [-0.4, -0.2) is 33.8 Å². The van der Waals surface area contributed by atoms with E-state index in [9.17, 15) is 14.7 Å². The predicted molar refractivity (Wildman–Crippen MR) is 68.6 cm³/mol. The molecule has 1 aromatic heterocycles. The van der Waals surface area contributed by atoms with Gasteiger partial charge in [0.15, 0.2) is 0 Å². The molecule has 19 heavy (non-hydrogen) atoms. The number of aromatic carboxylic acids is 1. The number of aromatic nitrogens is 2. The number of ether oxygens (including phenoxy) is 1. The van der Waals surface area contributed by atoms with Crippen molar-refractivity contribution in [2.75, 3.05) is 13.2 Å². The average molecular weight is 262 g/mol. The Labute approximate surface area is 108 Å². The third-order valence-corrected chi connectivity index (χ3v) is 3.67. The van der Waals surface area contributed by atoms with E-state index < -0.39 is 11.5 Å². The van der Waals surface area contributed by atoms with Crippen molar-refractivity contribution in [3.8, 4) is 0 Å². The summed E-state index contributed by atoms with van der Waals surface area (Å²) in [4.78, 5) is 26.2. The topological polar surface area (TPSA) is 84.3 Å². The van der Waals surface area contributed by atoms with Gasteiger partial charge in [0.25, 0.3) is 0 Å². The van der Waals surface area contributed by atoms with Crippen molar-refractivity contribution >= 4 is 17.0 Å². The lowest BCUT2D eigenvalue weighted by Gasteiger charge is -2.24. The molecule has 0 spiro atoms. The molecule has 100 valence electrons. The number of carboxylic acids is 1. The molecule has 1 saturated heterocycles. The van der Waals surface area contributed by atoms with Gasteiger partial charge in [-0.2, -0.15) is 0 Å². The number of imidazole rings is 1. The molecular formula is C13H14N2O4. The Hall–Kier alpha value is -2.08. The molecule has 0 saturated carbocycles. The summed E-state index contributed by atoms with van der Waals surface area (Å²) in [7, 11) is 0. The molecule has 3 rings (SSSR count). The number of hydrogen-bond acceptors (Lipinski definition) is 3. The summed E-state index contributed by atoms with van der Waals surface area (Å²) < 4.78 is 6.89. The zero-order valence-corrected chi connectivity index (χ0v) is 10.5. The van der Waals surface area contributed by atoms with Crippen LogP contribution in [0.1, 0.15) is 23.7 Å². The number of fused-ring (bicyclic) bond motifs is 1. The zero-order valence-electron chi connectivity index (χ0n) is 10.5. The van der Waals surface area contributed by atoms with Gasteiger partial charge in [-0.05, 0) is 25.5 Å². The first-order chi connectivity index (χ1) is 9.03. The maximum atomic E-state index is 12.2. The Morgan fingerprint density at radius 1 is 1.53 bits per heavy atom. The van der Waals surface area contributed by atoms with E-state index in [2.05, 4.69) is 4.98 Å². The van der Waals surface area contributed by atoms with Crippen LogP contribution >= 0.6 is 0 Å². The normalized spacial score (nSPS) is 23.0. The average Bonchev–Trinajstić information content (AvgIpc) is 2.91. The van der Waals surface area contributed by atoms with Gasteiger partial charge < -0.3 is 14.8 Å². The number of carboxylic acid groups (broad SMARTS) is 1. The smallest absolute Gasteiger partial charge is 0.337 e. The molecule has 1 aromatic carbocycles. The molecule has 1 fully saturated rings. The van der Waals surface area contributed by atoms with E-state index in [0.717, 1.165) is 0 Å². The van der Waals surface area contributed by atoms with Gasteiger partial charge in [-0.15, -0.1) is 0 Å². The highest BCUT2D eigenvalue weighted by Crippen LogP contribution is 2.29. The Morgan fingerprint density at radius 3 is 2.95 bits per heavy atom. The molecular weight excluding hydrogens is 248 g/mol. The van der Waals surface area contributed by atoms with E-state index in [4.69, 9.17) is 4.74 Å². The Balaban J connectivity index is 2.38. The van der Waals surface area contributed by atoms with Crippen LogP contribution in [0.2, 0.25) is 0 Å². The van der Waals surface area contributed by atoms with Crippen molar-refractivity contribution in [3.05, 3.63) is 34.2 Å². The summed E-state index contributed by atoms with van der Waals surface area (Å²) >= 11 is 0. The molecule has 1 unspecified atom stereocenters. The van der Waals surface area contributed by atoms with Gasteiger partial charge in [0, 0.05) is 6.61 Å². The molecule has 0 bridgehead atoms. The van der Waals surface area contributed by atoms with Crippen molar-refractivity contribution in [1.29, 1.82) is 0 Å². The van der Waals surface area contributed by atoms with Crippen LogP contribution in [0.3, 0.4) is 0 Å². The quantitative estimate of drug-likeness (QED) is 0.850. The van der Waals surface area contributed by atoms with Crippen molar-refractivity contribution in [1.82, 2.24) is 9.55 Å². The van der Waals surface area contributed by atoms with E-state index >= 15 is 0 Å². The van der Waals surface area contributed by atoms with Crippen LogP contribution in [-0.2, 0) is 10.3 Å². The molecule has 0 amide bonds. The van der Waals surface area contributed by atoms with E-state index in [1.54, 1.807) is 12.1 Å². The Bertz CT molecular complexity index is 707. The summed E-state index contributed by atoms with van der Waals surface area (Å²) in [5.74, 6) is -1.04. The largest absolute Gasteiger partial charge is 0.478 e. The third-order valence-electron chi connectivity index (χ3n) is 3.67. The number of H-pyrrole nitrogens is 1. The van der Waals surface area contributed by atoms with E-state index in [0.29, 0.717) is 30.7 Å². The number of nitrogens with zero attached hydrogens (tertiary/aromatic N) is 1. The fraction of sp³-hybridized carbons (Fsp3) is 0.385. The standard InChI is InChI=1S/C13H14N2O4/c1-13(5-6-19-7-13)15-10-8(11(16)17)3-2-4-9(10)14-12(15)18/h2-4H,5-7H2,1H3,(H,14,18)(H,16,17). The molecule has 1 aliphatic heterocycles. The van der Waals surface area contributed by atoms with Crippen molar-refractivity contribution in [2.45, 2.75) is 18.9 Å². The lowest BCUT2D eigenvalue weighted by atomic mass is 10.0. The molecule has 0 aliphatic carbocycles. The number of benzene rings is 1. The van der Waals surface area contributed by atoms with Gasteiger partial charge in [0.05, 0.1) is 28.7 Å². The van der Waals surface area contributed by atoms with Crippen LogP contribution in [0.15, 0.2) is 23.0 Å². The maximum absolute atomic E-state index is 12.2. The number of carbonyl (C=O) groups is 1. The number of hydrogen-bond donors (Lipinski definition) is 2. The van der Waals surface area contributed by atoms with E-state index in [1.165, 1.54) is 10.6 Å². The second-order valence-electron chi connectivity index (χ2n) is 5.07. The highest BCUT2D eigenvalue weighted by Gasteiger charge is 2.35. The molecule has 1 aliphatic rings. The first-order valence-electron chi connectivity index (χ1n) is 6.08. The minimum atomic E-state index is -1.04. The van der Waals surface area contributed by atoms with Gasteiger partial charge >= 0.3 is 11.7 Å². The number of para-hydroxylation sites is 1. The summed E-state index contributed by atoms with van der Waals surface area (Å²) in [6.07, 6.45) is 0.688. The third kappa shape index (κ3) is 1.67. The lowest BCUT2D eigenvalue weighted by molar-refractivity contribution is 0.0698. The highest BCUT2D eigenvalue weighted by atomic mass is 16.5. The molecule has 6 nitrogen and oxygen atoms in total. The minimum Gasteiger partial charge on any atom is -0.478 e. The van der Waals surface area contributed by atoms with Crippen LogP contribution in [0.5, 0.6) is 0 Å². The fourth-order valence-electron chi connectivity index (χ4n) is 2.68. The SMILES string of the molecule is CC1(n2c(=O)[nH]c3cccc(C(=O)O)c32)CCOC1. The van der Waals surface area contributed by atoms with Crippen LogP contribution in [0.4, 0.5) is 0 Å². The first kappa shape index (κ1) is 12.0. The number of aromatic amines is 1. The Morgan fingerprint density at radius 2 is 2.32 bits per heavy atom. The monoisotopic (exact) mass is 262 g/mol. The van der Waals surface area contributed by atoms with Crippen LogP contribution in [0.25, 0.3) is 11.0 Å². The van der Waals surface area contributed by atoms with E-state index in [-0.39, 0.29) is 11.3 Å². The highest BCUT2D eigenvalue weighted by molar-refractivity contribution is 6.01. The summed E-state index contributed by atoms with van der Waals surface area (Å²) in [5, 5.41) is 9.28. The fourth-order valence-corrected chi connectivity index (χ4v) is 2.68.